The van der Waals surface area contributed by atoms with Gasteiger partial charge in [-0.15, -0.1) is 0 Å². The number of halogens is 2. The fourth-order valence-electron chi connectivity index (χ4n) is 1.04. The van der Waals surface area contributed by atoms with Crippen LogP contribution in [-0.4, -0.2) is 28.8 Å². The van der Waals surface area contributed by atoms with Crippen molar-refractivity contribution in [2.75, 3.05) is 6.61 Å². The zero-order chi connectivity index (χ0) is 11.3. The predicted octanol–water partition coefficient (Wildman–Crippen LogP) is 1.72. The zero-order valence-electron chi connectivity index (χ0n) is 8.32. The number of ether oxygens (including phenoxy) is 1. The summed E-state index contributed by atoms with van der Waals surface area (Å²) in [4.78, 5) is 11.2. The number of aromatic nitrogens is 2. The van der Waals surface area contributed by atoms with Crippen LogP contribution >= 0.6 is 0 Å². The summed E-state index contributed by atoms with van der Waals surface area (Å²) in [5.74, 6) is -0.485. The molecule has 1 aromatic heterocycles. The van der Waals surface area contributed by atoms with Crippen LogP contribution in [-0.2, 0) is 11.3 Å². The molecule has 0 aliphatic carbocycles. The lowest BCUT2D eigenvalue weighted by atomic mass is 10.4. The first kappa shape index (κ1) is 11.6. The molecule has 0 radical (unpaired) electrons. The van der Waals surface area contributed by atoms with Crippen molar-refractivity contribution in [3.8, 4) is 0 Å². The molecule has 0 aliphatic rings. The van der Waals surface area contributed by atoms with Crippen LogP contribution in [0.1, 0.15) is 23.7 Å². The molecule has 0 aromatic carbocycles. The van der Waals surface area contributed by atoms with E-state index in [0.29, 0.717) is 0 Å². The van der Waals surface area contributed by atoms with E-state index in [2.05, 4.69) is 5.10 Å². The summed E-state index contributed by atoms with van der Waals surface area (Å²) in [6, 6.07) is 0. The predicted molar refractivity (Wildman–Crippen MR) is 48.8 cm³/mol. The number of rotatable bonds is 5. The first-order valence-electron chi connectivity index (χ1n) is 4.61. The molecule has 6 heteroatoms. The monoisotopic (exact) mass is 218 g/mol. The molecule has 4 nitrogen and oxygen atoms in total. The molecule has 0 fully saturated rings. The van der Waals surface area contributed by atoms with E-state index in [1.165, 1.54) is 17.1 Å². The highest BCUT2D eigenvalue weighted by molar-refractivity contribution is 5.88. The Morgan fingerprint density at radius 1 is 1.67 bits per heavy atom. The van der Waals surface area contributed by atoms with E-state index in [-0.39, 0.29) is 25.1 Å². The molecule has 0 atom stereocenters. The highest BCUT2D eigenvalue weighted by Gasteiger charge is 2.10. The van der Waals surface area contributed by atoms with Crippen LogP contribution < -0.4 is 0 Å². The van der Waals surface area contributed by atoms with E-state index in [9.17, 15) is 13.6 Å². The number of carbonyl (C=O) groups excluding carboxylic acids is 1. The lowest BCUT2D eigenvalue weighted by Crippen LogP contribution is -2.05. The molecule has 0 unspecified atom stereocenters. The normalized spacial score (nSPS) is 10.7. The van der Waals surface area contributed by atoms with E-state index < -0.39 is 12.4 Å². The third kappa shape index (κ3) is 3.65. The molecule has 0 aliphatic heterocycles. The minimum Gasteiger partial charge on any atom is -0.462 e. The molecular weight excluding hydrogens is 206 g/mol. The Hall–Kier alpha value is -1.46. The molecule has 0 N–H and O–H groups in total. The molecule has 1 heterocycles. The Balaban J connectivity index is 2.52. The molecule has 0 amide bonds. The summed E-state index contributed by atoms with van der Waals surface area (Å²) >= 11 is 0. The summed E-state index contributed by atoms with van der Waals surface area (Å²) in [6.45, 7) is 2.07. The minimum absolute atomic E-state index is 0.0943. The first-order chi connectivity index (χ1) is 7.13. The Morgan fingerprint density at radius 3 is 3.00 bits per heavy atom. The van der Waals surface area contributed by atoms with Crippen molar-refractivity contribution < 1.29 is 18.3 Å². The van der Waals surface area contributed by atoms with Crippen molar-refractivity contribution in [2.45, 2.75) is 26.3 Å². The van der Waals surface area contributed by atoms with Gasteiger partial charge in [-0.2, -0.15) is 5.10 Å². The fourth-order valence-corrected chi connectivity index (χ4v) is 1.04. The zero-order valence-corrected chi connectivity index (χ0v) is 8.32. The molecule has 0 bridgehead atoms. The second kappa shape index (κ2) is 5.43. The third-order valence-corrected chi connectivity index (χ3v) is 1.72. The molecule has 1 rings (SSSR count). The van der Waals surface area contributed by atoms with Crippen molar-refractivity contribution >= 4 is 5.97 Å². The minimum atomic E-state index is -2.36. The number of nitrogens with zero attached hydrogens (tertiary/aromatic N) is 2. The Kier molecular flexibility index (Phi) is 4.20. The van der Waals surface area contributed by atoms with Gasteiger partial charge >= 0.3 is 5.97 Å². The lowest BCUT2D eigenvalue weighted by Gasteiger charge is -1.99. The van der Waals surface area contributed by atoms with Crippen LogP contribution in [0.5, 0.6) is 0 Å². The topological polar surface area (TPSA) is 44.1 Å². The van der Waals surface area contributed by atoms with Gasteiger partial charge in [0, 0.05) is 19.2 Å². The van der Waals surface area contributed by atoms with Crippen LogP contribution in [0.3, 0.4) is 0 Å². The molecule has 0 saturated heterocycles. The maximum absolute atomic E-state index is 11.9. The maximum Gasteiger partial charge on any atom is 0.341 e. The average molecular weight is 218 g/mol. The van der Waals surface area contributed by atoms with Gasteiger partial charge in [0.1, 0.15) is 0 Å². The van der Waals surface area contributed by atoms with Gasteiger partial charge in [0.25, 0.3) is 0 Å². The molecular formula is C9H12F2N2O2. The lowest BCUT2D eigenvalue weighted by molar-refractivity contribution is 0.0526. The smallest absolute Gasteiger partial charge is 0.341 e. The quantitative estimate of drug-likeness (QED) is 0.707. The SMILES string of the molecule is CCOC(=O)c1cnn(CCC(F)F)c1. The highest BCUT2D eigenvalue weighted by atomic mass is 19.3. The van der Waals surface area contributed by atoms with Gasteiger partial charge in [0.15, 0.2) is 0 Å². The van der Waals surface area contributed by atoms with E-state index >= 15 is 0 Å². The number of aryl methyl sites for hydroxylation is 1. The largest absolute Gasteiger partial charge is 0.462 e. The summed E-state index contributed by atoms with van der Waals surface area (Å²) < 4.78 is 29.8. The van der Waals surface area contributed by atoms with Gasteiger partial charge in [-0.05, 0) is 6.92 Å². The second-order valence-corrected chi connectivity index (χ2v) is 2.89. The van der Waals surface area contributed by atoms with Crippen molar-refractivity contribution in [2.24, 2.45) is 0 Å². The second-order valence-electron chi connectivity index (χ2n) is 2.89. The van der Waals surface area contributed by atoms with Crippen molar-refractivity contribution in [1.82, 2.24) is 9.78 Å². The van der Waals surface area contributed by atoms with Crippen LogP contribution in [0.15, 0.2) is 12.4 Å². The van der Waals surface area contributed by atoms with E-state index in [1.807, 2.05) is 0 Å². The number of alkyl halides is 2. The number of esters is 1. The van der Waals surface area contributed by atoms with Crippen LogP contribution in [0.25, 0.3) is 0 Å². The Bertz CT molecular complexity index is 326. The summed E-state index contributed by atoms with van der Waals surface area (Å²) in [5, 5.41) is 3.77. The van der Waals surface area contributed by atoms with Crippen molar-refractivity contribution in [3.05, 3.63) is 18.0 Å². The fraction of sp³-hybridized carbons (Fsp3) is 0.556. The van der Waals surface area contributed by atoms with E-state index in [1.54, 1.807) is 6.92 Å². The maximum atomic E-state index is 11.9. The average Bonchev–Trinajstić information content (AvgIpc) is 2.63. The standard InChI is InChI=1S/C9H12F2N2O2/c1-2-15-9(14)7-5-12-13(6-7)4-3-8(10)11/h5-6,8H,2-4H2,1H3. The molecule has 84 valence electrons. The molecule has 0 spiro atoms. The van der Waals surface area contributed by atoms with Gasteiger partial charge in [0.05, 0.1) is 18.4 Å². The summed E-state index contributed by atoms with van der Waals surface area (Å²) in [5.41, 5.74) is 0.283. The number of hydrogen-bond acceptors (Lipinski definition) is 3. The van der Waals surface area contributed by atoms with Gasteiger partial charge in [-0.1, -0.05) is 0 Å². The number of carbonyl (C=O) groups is 1. The van der Waals surface area contributed by atoms with Crippen LogP contribution in [0.2, 0.25) is 0 Å². The van der Waals surface area contributed by atoms with Crippen molar-refractivity contribution in [1.29, 1.82) is 0 Å². The highest BCUT2D eigenvalue weighted by Crippen LogP contribution is 2.04. The Labute approximate surface area is 85.8 Å². The first-order valence-corrected chi connectivity index (χ1v) is 4.61. The number of hydrogen-bond donors (Lipinski definition) is 0. The van der Waals surface area contributed by atoms with Gasteiger partial charge in [0.2, 0.25) is 6.43 Å². The van der Waals surface area contributed by atoms with Crippen molar-refractivity contribution in [3.63, 3.8) is 0 Å². The van der Waals surface area contributed by atoms with Gasteiger partial charge in [-0.25, -0.2) is 13.6 Å². The Morgan fingerprint density at radius 2 is 2.40 bits per heavy atom. The summed E-state index contributed by atoms with van der Waals surface area (Å²) in [6.07, 6.45) is 0.0774. The van der Waals surface area contributed by atoms with E-state index in [0.717, 1.165) is 0 Å². The molecule has 1 aromatic rings. The summed E-state index contributed by atoms with van der Waals surface area (Å²) in [7, 11) is 0. The molecule has 0 saturated carbocycles. The third-order valence-electron chi connectivity index (χ3n) is 1.72. The van der Waals surface area contributed by atoms with E-state index in [4.69, 9.17) is 4.74 Å². The van der Waals surface area contributed by atoms with Crippen LogP contribution in [0.4, 0.5) is 8.78 Å². The molecule has 15 heavy (non-hydrogen) atoms. The van der Waals surface area contributed by atoms with Crippen LogP contribution in [0, 0.1) is 0 Å². The van der Waals surface area contributed by atoms with Gasteiger partial charge in [-0.3, -0.25) is 4.68 Å². The van der Waals surface area contributed by atoms with Gasteiger partial charge < -0.3 is 4.74 Å².